The third-order valence-corrected chi connectivity index (χ3v) is 4.20. The molecule has 1 amide bonds. The quantitative estimate of drug-likeness (QED) is 0.915. The Labute approximate surface area is 128 Å². The summed E-state index contributed by atoms with van der Waals surface area (Å²) >= 11 is 6.07. The summed E-state index contributed by atoms with van der Waals surface area (Å²) in [6.45, 7) is 0. The van der Waals surface area contributed by atoms with Crippen LogP contribution in [0.2, 0.25) is 5.02 Å². The van der Waals surface area contributed by atoms with E-state index in [0.29, 0.717) is 11.4 Å². The average molecular weight is 302 g/mol. The van der Waals surface area contributed by atoms with Gasteiger partial charge < -0.3 is 10.4 Å². The molecule has 0 fully saturated rings. The molecule has 0 saturated carbocycles. The standard InChI is InChI=1S/C17H16ClNO2/c18-14-8-4-2-6-12(14)10-16(21)19-17-13-7-3-1-5-11(13)9-15(17)20/h1-8,15,17,20H,9-10H2,(H,19,21)/t15-,17+/m1/s1. The second kappa shape index (κ2) is 5.88. The third-order valence-electron chi connectivity index (χ3n) is 3.83. The minimum absolute atomic E-state index is 0.135. The fraction of sp³-hybridized carbons (Fsp3) is 0.235. The first kappa shape index (κ1) is 14.1. The van der Waals surface area contributed by atoms with Crippen LogP contribution in [0.15, 0.2) is 48.5 Å². The summed E-state index contributed by atoms with van der Waals surface area (Å²) in [5.41, 5.74) is 2.88. The Morgan fingerprint density at radius 1 is 1.19 bits per heavy atom. The number of carbonyl (C=O) groups excluding carboxylic acids is 1. The Kier molecular flexibility index (Phi) is 3.95. The van der Waals surface area contributed by atoms with Crippen molar-refractivity contribution in [3.63, 3.8) is 0 Å². The summed E-state index contributed by atoms with van der Waals surface area (Å²) in [6.07, 6.45) is 0.218. The van der Waals surface area contributed by atoms with E-state index in [1.165, 1.54) is 0 Å². The van der Waals surface area contributed by atoms with E-state index in [-0.39, 0.29) is 18.4 Å². The number of hydrogen-bond acceptors (Lipinski definition) is 2. The SMILES string of the molecule is O=C(Cc1ccccc1Cl)N[C@H]1c2ccccc2C[C@H]1O. The van der Waals surface area contributed by atoms with Gasteiger partial charge in [0.1, 0.15) is 0 Å². The van der Waals surface area contributed by atoms with Crippen molar-refractivity contribution in [2.24, 2.45) is 0 Å². The first-order valence-corrected chi connectivity index (χ1v) is 7.31. The first-order valence-electron chi connectivity index (χ1n) is 6.94. The topological polar surface area (TPSA) is 49.3 Å². The maximum absolute atomic E-state index is 12.2. The van der Waals surface area contributed by atoms with E-state index >= 15 is 0 Å². The maximum Gasteiger partial charge on any atom is 0.225 e. The summed E-state index contributed by atoms with van der Waals surface area (Å²) in [7, 11) is 0. The van der Waals surface area contributed by atoms with Gasteiger partial charge in [0.15, 0.2) is 0 Å². The smallest absolute Gasteiger partial charge is 0.225 e. The molecule has 0 heterocycles. The lowest BCUT2D eigenvalue weighted by molar-refractivity contribution is -0.121. The number of amides is 1. The molecule has 2 N–H and O–H groups in total. The van der Waals surface area contributed by atoms with Crippen molar-refractivity contribution in [3.8, 4) is 0 Å². The van der Waals surface area contributed by atoms with Crippen LogP contribution in [0, 0.1) is 0 Å². The number of fused-ring (bicyclic) bond motifs is 1. The van der Waals surface area contributed by atoms with E-state index in [0.717, 1.165) is 16.7 Å². The summed E-state index contributed by atoms with van der Waals surface area (Å²) < 4.78 is 0. The Morgan fingerprint density at radius 2 is 1.90 bits per heavy atom. The van der Waals surface area contributed by atoms with Crippen molar-refractivity contribution in [2.75, 3.05) is 0 Å². The molecular weight excluding hydrogens is 286 g/mol. The predicted molar refractivity (Wildman–Crippen MR) is 82.2 cm³/mol. The molecule has 0 radical (unpaired) electrons. The number of rotatable bonds is 3. The molecule has 108 valence electrons. The van der Waals surface area contributed by atoms with Crippen LogP contribution < -0.4 is 5.32 Å². The van der Waals surface area contributed by atoms with E-state index in [1.54, 1.807) is 6.07 Å². The van der Waals surface area contributed by atoms with Crippen LogP contribution in [0.1, 0.15) is 22.7 Å². The molecule has 0 saturated heterocycles. The van der Waals surface area contributed by atoms with E-state index < -0.39 is 6.10 Å². The van der Waals surface area contributed by atoms with E-state index in [4.69, 9.17) is 11.6 Å². The van der Waals surface area contributed by atoms with E-state index in [1.807, 2.05) is 42.5 Å². The molecule has 0 aromatic heterocycles. The normalized spacial score (nSPS) is 20.1. The zero-order chi connectivity index (χ0) is 14.8. The highest BCUT2D eigenvalue weighted by Gasteiger charge is 2.31. The van der Waals surface area contributed by atoms with Gasteiger partial charge in [-0.1, -0.05) is 54.1 Å². The van der Waals surface area contributed by atoms with Crippen LogP contribution in [0.3, 0.4) is 0 Å². The van der Waals surface area contributed by atoms with Gasteiger partial charge in [0.25, 0.3) is 0 Å². The molecule has 2 aromatic carbocycles. The van der Waals surface area contributed by atoms with E-state index in [2.05, 4.69) is 5.32 Å². The minimum Gasteiger partial charge on any atom is -0.390 e. The van der Waals surface area contributed by atoms with Gasteiger partial charge in [-0.25, -0.2) is 0 Å². The Bertz CT molecular complexity index is 671. The zero-order valence-electron chi connectivity index (χ0n) is 11.4. The van der Waals surface area contributed by atoms with Crippen molar-refractivity contribution in [2.45, 2.75) is 25.0 Å². The number of nitrogens with one attached hydrogen (secondary N) is 1. The Hall–Kier alpha value is -1.84. The molecule has 21 heavy (non-hydrogen) atoms. The monoisotopic (exact) mass is 301 g/mol. The minimum atomic E-state index is -0.572. The molecule has 4 heteroatoms. The lowest BCUT2D eigenvalue weighted by Crippen LogP contribution is -2.34. The molecular formula is C17H16ClNO2. The van der Waals surface area contributed by atoms with Crippen molar-refractivity contribution in [3.05, 3.63) is 70.2 Å². The fourth-order valence-electron chi connectivity index (χ4n) is 2.79. The Morgan fingerprint density at radius 3 is 2.71 bits per heavy atom. The van der Waals surface area contributed by atoms with Gasteiger partial charge in [0.2, 0.25) is 5.91 Å². The molecule has 0 bridgehead atoms. The molecule has 3 rings (SSSR count). The number of benzene rings is 2. The second-order valence-corrected chi connectivity index (χ2v) is 5.69. The highest BCUT2D eigenvalue weighted by Crippen LogP contribution is 2.31. The highest BCUT2D eigenvalue weighted by atomic mass is 35.5. The van der Waals surface area contributed by atoms with Crippen LogP contribution in [0.5, 0.6) is 0 Å². The summed E-state index contributed by atoms with van der Waals surface area (Å²) in [5.74, 6) is -0.135. The maximum atomic E-state index is 12.2. The average Bonchev–Trinajstić information content (AvgIpc) is 2.78. The van der Waals surface area contributed by atoms with Gasteiger partial charge in [0.05, 0.1) is 18.6 Å². The molecule has 0 unspecified atom stereocenters. The molecule has 2 aromatic rings. The van der Waals surface area contributed by atoms with Gasteiger partial charge in [0, 0.05) is 11.4 Å². The Balaban J connectivity index is 1.72. The molecule has 1 aliphatic carbocycles. The van der Waals surface area contributed by atoms with Crippen molar-refractivity contribution in [1.29, 1.82) is 0 Å². The van der Waals surface area contributed by atoms with Crippen molar-refractivity contribution >= 4 is 17.5 Å². The molecule has 3 nitrogen and oxygen atoms in total. The van der Waals surface area contributed by atoms with Gasteiger partial charge in [-0.3, -0.25) is 4.79 Å². The van der Waals surface area contributed by atoms with Gasteiger partial charge in [-0.2, -0.15) is 0 Å². The molecule has 2 atom stereocenters. The highest BCUT2D eigenvalue weighted by molar-refractivity contribution is 6.31. The predicted octanol–water partition coefficient (Wildman–Crippen LogP) is 2.66. The third kappa shape index (κ3) is 2.94. The van der Waals surface area contributed by atoms with Crippen LogP contribution in [-0.2, 0) is 17.6 Å². The zero-order valence-corrected chi connectivity index (χ0v) is 12.2. The van der Waals surface area contributed by atoms with Gasteiger partial charge in [-0.05, 0) is 22.8 Å². The molecule has 0 aliphatic heterocycles. The van der Waals surface area contributed by atoms with Gasteiger partial charge in [-0.15, -0.1) is 0 Å². The van der Waals surface area contributed by atoms with E-state index in [9.17, 15) is 9.90 Å². The van der Waals surface area contributed by atoms with Crippen molar-refractivity contribution in [1.82, 2.24) is 5.32 Å². The van der Waals surface area contributed by atoms with Crippen LogP contribution in [0.4, 0.5) is 0 Å². The number of aliphatic hydroxyl groups is 1. The number of carbonyl (C=O) groups is 1. The first-order chi connectivity index (χ1) is 10.1. The van der Waals surface area contributed by atoms with Crippen LogP contribution >= 0.6 is 11.6 Å². The lowest BCUT2D eigenvalue weighted by Gasteiger charge is -2.18. The molecule has 0 spiro atoms. The second-order valence-electron chi connectivity index (χ2n) is 5.28. The summed E-state index contributed by atoms with van der Waals surface area (Å²) in [6, 6.07) is 14.8. The number of halogens is 1. The fourth-order valence-corrected chi connectivity index (χ4v) is 2.99. The largest absolute Gasteiger partial charge is 0.390 e. The summed E-state index contributed by atoms with van der Waals surface area (Å²) in [4.78, 5) is 12.2. The number of aliphatic hydroxyl groups excluding tert-OH is 1. The van der Waals surface area contributed by atoms with Crippen LogP contribution in [0.25, 0.3) is 0 Å². The van der Waals surface area contributed by atoms with Gasteiger partial charge >= 0.3 is 0 Å². The number of hydrogen-bond donors (Lipinski definition) is 2. The van der Waals surface area contributed by atoms with Crippen molar-refractivity contribution < 1.29 is 9.90 Å². The molecule has 1 aliphatic rings. The lowest BCUT2D eigenvalue weighted by atomic mass is 10.1. The van der Waals surface area contributed by atoms with Crippen LogP contribution in [-0.4, -0.2) is 17.1 Å². The summed E-state index contributed by atoms with van der Waals surface area (Å²) in [5, 5.41) is 13.6.